The van der Waals surface area contributed by atoms with E-state index in [-0.39, 0.29) is 70.7 Å². The number of phenols is 1. The third-order valence-electron chi connectivity index (χ3n) is 11.4. The SMILES string of the molecule is CCc1c(F)ccc2cc(O)cc(-c3nc4c5c(nc(OC[C@]67CCCN6[C@H](CO)CC7)nc5c3F)N3C[C@H]5CC[C@H](N5)[C@H]3CO4)c12. The molecule has 10 nitrogen and oxygen atoms in total. The molecule has 4 aromatic rings. The summed E-state index contributed by atoms with van der Waals surface area (Å²) in [5.74, 6) is -0.453. The van der Waals surface area contributed by atoms with Gasteiger partial charge >= 0.3 is 6.01 Å². The van der Waals surface area contributed by atoms with E-state index in [4.69, 9.17) is 24.4 Å². The Balaban J connectivity index is 1.23. The fourth-order valence-corrected chi connectivity index (χ4v) is 9.20. The minimum atomic E-state index is -0.711. The average molecular weight is 645 g/mol. The molecule has 246 valence electrons. The van der Waals surface area contributed by atoms with E-state index < -0.39 is 11.6 Å². The van der Waals surface area contributed by atoms with Gasteiger partial charge in [0.25, 0.3) is 0 Å². The van der Waals surface area contributed by atoms with Gasteiger partial charge in [0.1, 0.15) is 47.2 Å². The number of phenolic OH excluding ortho intramolecular Hbond substituents is 1. The van der Waals surface area contributed by atoms with Crippen LogP contribution in [0.2, 0.25) is 0 Å². The molecule has 0 spiro atoms. The molecule has 3 N–H and O–H groups in total. The number of hydrogen-bond acceptors (Lipinski definition) is 10. The predicted octanol–water partition coefficient (Wildman–Crippen LogP) is 4.46. The summed E-state index contributed by atoms with van der Waals surface area (Å²) in [4.78, 5) is 19.0. The second kappa shape index (κ2) is 10.8. The molecule has 0 radical (unpaired) electrons. The van der Waals surface area contributed by atoms with Gasteiger partial charge in [-0.15, -0.1) is 0 Å². The number of aliphatic hydroxyl groups excluding tert-OH is 1. The van der Waals surface area contributed by atoms with E-state index in [0.717, 1.165) is 45.1 Å². The first kappa shape index (κ1) is 29.3. The van der Waals surface area contributed by atoms with E-state index in [1.807, 2.05) is 6.92 Å². The molecule has 0 aliphatic carbocycles. The highest BCUT2D eigenvalue weighted by Crippen LogP contribution is 2.46. The van der Waals surface area contributed by atoms with Crippen molar-refractivity contribution in [3.05, 3.63) is 41.5 Å². The number of rotatable bonds is 6. The van der Waals surface area contributed by atoms with E-state index in [1.165, 1.54) is 12.1 Å². The minimum Gasteiger partial charge on any atom is -0.508 e. The Kier molecular flexibility index (Phi) is 6.75. The van der Waals surface area contributed by atoms with E-state index in [0.29, 0.717) is 53.7 Å². The van der Waals surface area contributed by atoms with Crippen LogP contribution in [0, 0.1) is 11.6 Å². The first-order valence-electron chi connectivity index (χ1n) is 16.9. The summed E-state index contributed by atoms with van der Waals surface area (Å²) in [6, 6.07) is 6.54. The fraction of sp³-hybridized carbons (Fsp3) is 0.514. The molecule has 4 fully saturated rings. The van der Waals surface area contributed by atoms with Crippen LogP contribution in [0.15, 0.2) is 24.3 Å². The molecule has 5 aliphatic rings. The highest BCUT2D eigenvalue weighted by molar-refractivity contribution is 6.03. The molecular weight excluding hydrogens is 606 g/mol. The number of anilines is 1. The topological polar surface area (TPSA) is 116 Å². The van der Waals surface area contributed by atoms with E-state index in [2.05, 4.69) is 15.1 Å². The Morgan fingerprint density at radius 1 is 1.11 bits per heavy atom. The van der Waals surface area contributed by atoms with Crippen LogP contribution >= 0.6 is 0 Å². The van der Waals surface area contributed by atoms with Crippen LogP contribution in [0.4, 0.5) is 14.6 Å². The summed E-state index contributed by atoms with van der Waals surface area (Å²) in [5.41, 5.74) is 0.403. The number of aryl methyl sites for hydroxylation is 1. The number of nitrogens with zero attached hydrogens (tertiary/aromatic N) is 5. The Morgan fingerprint density at radius 2 is 2.00 bits per heavy atom. The van der Waals surface area contributed by atoms with Crippen molar-refractivity contribution in [2.75, 3.05) is 37.8 Å². The third-order valence-corrected chi connectivity index (χ3v) is 11.4. The third kappa shape index (κ3) is 4.40. The number of aromatic nitrogens is 3. The smallest absolute Gasteiger partial charge is 0.319 e. The molecule has 0 saturated carbocycles. The van der Waals surface area contributed by atoms with Crippen LogP contribution in [-0.4, -0.2) is 92.7 Å². The zero-order chi connectivity index (χ0) is 32.0. The van der Waals surface area contributed by atoms with Crippen LogP contribution in [-0.2, 0) is 6.42 Å². The summed E-state index contributed by atoms with van der Waals surface area (Å²) in [6.07, 6.45) is 6.19. The van der Waals surface area contributed by atoms with Gasteiger partial charge in [-0.2, -0.15) is 9.97 Å². The lowest BCUT2D eigenvalue weighted by molar-refractivity contribution is 0.0644. The van der Waals surface area contributed by atoms with Gasteiger partial charge in [-0.05, 0) is 86.0 Å². The lowest BCUT2D eigenvalue weighted by atomic mass is 9.94. The molecule has 7 heterocycles. The van der Waals surface area contributed by atoms with Crippen molar-refractivity contribution >= 4 is 27.5 Å². The monoisotopic (exact) mass is 644 g/mol. The van der Waals surface area contributed by atoms with E-state index in [1.54, 1.807) is 12.1 Å². The Bertz CT molecular complexity index is 1930. The zero-order valence-corrected chi connectivity index (χ0v) is 26.3. The van der Waals surface area contributed by atoms with Crippen molar-refractivity contribution in [3.8, 4) is 28.9 Å². The maximum Gasteiger partial charge on any atom is 0.319 e. The molecule has 47 heavy (non-hydrogen) atoms. The molecule has 4 saturated heterocycles. The number of piperazine rings is 1. The number of halogens is 2. The molecule has 0 unspecified atom stereocenters. The van der Waals surface area contributed by atoms with Crippen LogP contribution in [0.5, 0.6) is 17.6 Å². The van der Waals surface area contributed by atoms with Gasteiger partial charge in [0.2, 0.25) is 5.88 Å². The molecule has 0 amide bonds. The van der Waals surface area contributed by atoms with Crippen LogP contribution in [0.3, 0.4) is 0 Å². The molecule has 5 atom stereocenters. The average Bonchev–Trinajstić information content (AvgIpc) is 3.74. The van der Waals surface area contributed by atoms with Crippen molar-refractivity contribution in [2.45, 2.75) is 81.6 Å². The van der Waals surface area contributed by atoms with Crippen LogP contribution < -0.4 is 19.7 Å². The first-order chi connectivity index (χ1) is 22.9. The van der Waals surface area contributed by atoms with Crippen LogP contribution in [0.25, 0.3) is 32.9 Å². The van der Waals surface area contributed by atoms with Crippen molar-refractivity contribution in [1.29, 1.82) is 0 Å². The Labute approximate surface area is 270 Å². The van der Waals surface area contributed by atoms with Gasteiger partial charge in [0.15, 0.2) is 5.82 Å². The number of ether oxygens (including phenoxy) is 2. The lowest BCUT2D eigenvalue weighted by Crippen LogP contribution is -2.60. The lowest BCUT2D eigenvalue weighted by Gasteiger charge is -2.40. The molecule has 5 aliphatic heterocycles. The Morgan fingerprint density at radius 3 is 2.85 bits per heavy atom. The number of pyridine rings is 1. The largest absolute Gasteiger partial charge is 0.508 e. The number of nitrogens with one attached hydrogen (secondary N) is 1. The van der Waals surface area contributed by atoms with Crippen molar-refractivity contribution in [1.82, 2.24) is 25.2 Å². The molecule has 2 aromatic carbocycles. The summed E-state index contributed by atoms with van der Waals surface area (Å²) >= 11 is 0. The molecule has 2 aromatic heterocycles. The van der Waals surface area contributed by atoms with Gasteiger partial charge in [0, 0.05) is 30.2 Å². The molecular formula is C35H38F2N6O4. The van der Waals surface area contributed by atoms with Gasteiger partial charge in [-0.25, -0.2) is 13.8 Å². The van der Waals surface area contributed by atoms with Crippen LogP contribution in [0.1, 0.15) is 51.0 Å². The fourth-order valence-electron chi connectivity index (χ4n) is 9.20. The standard InChI is InChI=1S/C35H38F2N6O4/c1-2-22-24(36)6-4-18-12-21(45)13-23(27(18)22)30-29(37)31-28-32(42-14-19-5-7-25(38-19)26(42)16-46-33(28)39-30)41-34(40-31)47-17-35-9-3-11-43(35)20(15-44)8-10-35/h4,6,12-13,19-20,25-26,38,44-45H,2-3,5,7-11,14-17H2,1H3/t19-,20+,25+,26-,35-/m1/s1. The van der Waals surface area contributed by atoms with E-state index >= 15 is 8.78 Å². The molecule has 12 heteroatoms. The minimum absolute atomic E-state index is 0.0166. The quantitative estimate of drug-likeness (QED) is 0.278. The highest BCUT2D eigenvalue weighted by atomic mass is 19.1. The number of fused-ring (bicyclic) bond motifs is 7. The maximum absolute atomic E-state index is 17.1. The molecule has 9 rings (SSSR count). The summed E-state index contributed by atoms with van der Waals surface area (Å²) < 4.78 is 45.1. The maximum atomic E-state index is 17.1. The van der Waals surface area contributed by atoms with Crippen molar-refractivity contribution in [3.63, 3.8) is 0 Å². The second-order valence-corrected chi connectivity index (χ2v) is 13.9. The van der Waals surface area contributed by atoms with Gasteiger partial charge in [-0.3, -0.25) is 4.90 Å². The summed E-state index contributed by atoms with van der Waals surface area (Å²) in [7, 11) is 0. The van der Waals surface area contributed by atoms with E-state index in [9.17, 15) is 10.2 Å². The van der Waals surface area contributed by atoms with Gasteiger partial charge in [-0.1, -0.05) is 13.0 Å². The summed E-state index contributed by atoms with van der Waals surface area (Å²) in [6.45, 7) is 4.21. The Hall–Kier alpha value is -3.87. The normalized spacial score (nSPS) is 28.0. The molecule has 2 bridgehead atoms. The van der Waals surface area contributed by atoms with Crippen molar-refractivity contribution < 1.29 is 28.5 Å². The van der Waals surface area contributed by atoms with Gasteiger partial charge < -0.3 is 29.9 Å². The number of benzene rings is 2. The predicted molar refractivity (Wildman–Crippen MR) is 172 cm³/mol. The van der Waals surface area contributed by atoms with Crippen molar-refractivity contribution in [2.24, 2.45) is 0 Å². The number of hydrogen-bond donors (Lipinski definition) is 3. The van der Waals surface area contributed by atoms with Gasteiger partial charge in [0.05, 0.1) is 18.2 Å². The zero-order valence-electron chi connectivity index (χ0n) is 26.3. The number of aliphatic hydroxyl groups is 1. The second-order valence-electron chi connectivity index (χ2n) is 13.9. The number of aromatic hydroxyl groups is 1. The highest BCUT2D eigenvalue weighted by Gasteiger charge is 2.50. The first-order valence-corrected chi connectivity index (χ1v) is 16.9. The summed E-state index contributed by atoms with van der Waals surface area (Å²) in [5, 5.41) is 25.8.